The number of nitrogen functional groups attached to an aromatic ring is 2. The second-order valence-corrected chi connectivity index (χ2v) is 30.8. The van der Waals surface area contributed by atoms with Gasteiger partial charge in [-0.3, -0.25) is 19.6 Å². The fourth-order valence-electron chi connectivity index (χ4n) is 17.7. The van der Waals surface area contributed by atoms with Crippen molar-refractivity contribution in [3.8, 4) is 63.2 Å². The Hall–Kier alpha value is -10.2. The molecule has 0 saturated carbocycles. The molecule has 8 heterocycles. The molecule has 0 bridgehead atoms. The van der Waals surface area contributed by atoms with E-state index in [1.807, 2.05) is 37.3 Å². The molecule has 8 aliphatic rings. The number of fused-ring (bicyclic) bond motifs is 16. The number of hydrogen-bond acceptors (Lipinski definition) is 20. The summed E-state index contributed by atoms with van der Waals surface area (Å²) < 4.78 is 109. The first kappa shape index (κ1) is 78.9. The Morgan fingerprint density at radius 3 is 1.28 bits per heavy atom. The molecule has 17 rings (SSSR count). The van der Waals surface area contributed by atoms with Crippen LogP contribution in [0.1, 0.15) is 137 Å². The molecule has 0 saturated heterocycles. The number of nitrogens with two attached hydrogens (primary N) is 2. The SMILES string of the molecule is C.COc1cc2c(cc1C)[C@@H]1Cc3ccc(NCc4ccccc4)c(OC)c3CN1CC2.COc1cc2c(cc1C)[C@@H]1Cc3ccc(OS(=O)(=O)C(F)(F)F)c(OC)c3CN1CC2.COc1cc2c(cc1N)[C@@H]1Cc3ccc(N)c(OC)c3CN1CC2.COc1cc2c(cc1O)[C@@H]1Cc3ccc(O)c(OC)c3CN1CC2. The van der Waals surface area contributed by atoms with E-state index >= 15 is 0 Å². The maximum Gasteiger partial charge on any atom is 0.534 e. The van der Waals surface area contributed by atoms with E-state index in [2.05, 4.69) is 115 Å². The van der Waals surface area contributed by atoms with E-state index in [-0.39, 0.29) is 36.8 Å². The van der Waals surface area contributed by atoms with Gasteiger partial charge in [-0.1, -0.05) is 74.2 Å². The van der Waals surface area contributed by atoms with Crippen molar-refractivity contribution >= 4 is 27.2 Å². The molecule has 20 nitrogen and oxygen atoms in total. The highest BCUT2D eigenvalue weighted by Gasteiger charge is 2.49. The largest absolute Gasteiger partial charge is 0.534 e. The summed E-state index contributed by atoms with van der Waals surface area (Å²) in [7, 11) is 7.22. The Balaban J connectivity index is 0.000000130. The Bertz CT molecular complexity index is 4950. The van der Waals surface area contributed by atoms with Gasteiger partial charge in [0.25, 0.3) is 0 Å². The van der Waals surface area contributed by atoms with E-state index in [0.29, 0.717) is 53.5 Å². The van der Waals surface area contributed by atoms with Crippen molar-refractivity contribution in [3.63, 3.8) is 0 Å². The minimum Gasteiger partial charge on any atom is -0.504 e. The second-order valence-electron chi connectivity index (χ2n) is 29.2. The topological polar surface area (TPSA) is 235 Å². The summed E-state index contributed by atoms with van der Waals surface area (Å²) in [6.07, 6.45) is 7.21. The number of anilines is 3. The lowest BCUT2D eigenvalue weighted by molar-refractivity contribution is -0.0500. The van der Waals surface area contributed by atoms with Crippen molar-refractivity contribution in [2.45, 2.75) is 135 Å². The number of ether oxygens (including phenoxy) is 8. The average molecular weight is 1540 g/mol. The van der Waals surface area contributed by atoms with Crippen LogP contribution in [0.25, 0.3) is 0 Å². The van der Waals surface area contributed by atoms with Crippen molar-refractivity contribution < 1.29 is 73.9 Å². The summed E-state index contributed by atoms with van der Waals surface area (Å²) in [5.41, 5.74) is 32.1. The molecule has 4 atom stereocenters. The first-order chi connectivity index (χ1) is 53.0. The van der Waals surface area contributed by atoms with Crippen LogP contribution in [0.4, 0.5) is 30.2 Å². The van der Waals surface area contributed by atoms with E-state index in [4.69, 9.17) is 49.4 Å². The van der Waals surface area contributed by atoms with E-state index in [1.165, 1.54) is 91.1 Å². The highest BCUT2D eigenvalue weighted by molar-refractivity contribution is 7.88. The van der Waals surface area contributed by atoms with Gasteiger partial charge >= 0.3 is 15.6 Å². The molecule has 0 spiro atoms. The van der Waals surface area contributed by atoms with E-state index in [9.17, 15) is 31.8 Å². The zero-order valence-electron chi connectivity index (χ0n) is 63.8. The van der Waals surface area contributed by atoms with Crippen LogP contribution in [0.5, 0.6) is 63.2 Å². The third kappa shape index (κ3) is 15.4. The first-order valence-electron chi connectivity index (χ1n) is 37.1. The second kappa shape index (κ2) is 32.6. The van der Waals surface area contributed by atoms with Crippen LogP contribution >= 0.6 is 0 Å². The Kier molecular flexibility index (Phi) is 23.2. The summed E-state index contributed by atoms with van der Waals surface area (Å²) in [6, 6.07) is 43.4. The minimum absolute atomic E-state index is 0. The number of aromatic hydroxyl groups is 2. The number of phenols is 2. The number of rotatable bonds is 13. The summed E-state index contributed by atoms with van der Waals surface area (Å²) in [6.45, 7) is 11.6. The molecular formula is C87H100F3N7O13S. The minimum atomic E-state index is -5.79. The lowest BCUT2D eigenvalue weighted by Gasteiger charge is -2.42. The van der Waals surface area contributed by atoms with Crippen LogP contribution in [0, 0.1) is 13.8 Å². The molecule has 0 amide bonds. The van der Waals surface area contributed by atoms with Crippen LogP contribution in [-0.4, -0.2) is 127 Å². The molecule has 588 valence electrons. The molecule has 9 aromatic carbocycles. The van der Waals surface area contributed by atoms with Gasteiger partial charge in [0, 0.05) is 105 Å². The molecule has 0 aromatic heterocycles. The average Bonchev–Trinajstić information content (AvgIpc) is 0.766. The van der Waals surface area contributed by atoms with Gasteiger partial charge in [-0.25, -0.2) is 0 Å². The molecule has 9 aromatic rings. The highest BCUT2D eigenvalue weighted by atomic mass is 32.2. The molecule has 0 radical (unpaired) electrons. The van der Waals surface area contributed by atoms with E-state index in [0.717, 1.165) is 154 Å². The van der Waals surface area contributed by atoms with Gasteiger partial charge in [0.2, 0.25) is 0 Å². The fourth-order valence-corrected chi connectivity index (χ4v) is 18.2. The Morgan fingerprint density at radius 1 is 0.423 bits per heavy atom. The molecule has 7 N–H and O–H groups in total. The Labute approximate surface area is 648 Å². The molecule has 0 aliphatic carbocycles. The lowest BCUT2D eigenvalue weighted by atomic mass is 9.83. The van der Waals surface area contributed by atoms with Crippen molar-refractivity contribution in [1.29, 1.82) is 0 Å². The van der Waals surface area contributed by atoms with Crippen molar-refractivity contribution in [1.82, 2.24) is 19.6 Å². The van der Waals surface area contributed by atoms with Gasteiger partial charge in [-0.05, 0) is 209 Å². The van der Waals surface area contributed by atoms with E-state index in [1.54, 1.807) is 61.9 Å². The smallest absolute Gasteiger partial charge is 0.504 e. The van der Waals surface area contributed by atoms with Crippen LogP contribution in [0.3, 0.4) is 0 Å². The number of phenolic OH excluding ortho intramolecular Hbond substituents is 2. The predicted molar refractivity (Wildman–Crippen MR) is 424 cm³/mol. The monoisotopic (exact) mass is 1540 g/mol. The number of nitrogens with zero attached hydrogens (tertiary/aromatic N) is 4. The summed E-state index contributed by atoms with van der Waals surface area (Å²) in [4.78, 5) is 9.72. The van der Waals surface area contributed by atoms with Crippen LogP contribution in [0.2, 0.25) is 0 Å². The molecule has 111 heavy (non-hydrogen) atoms. The quantitative estimate of drug-likeness (QED) is 0.0410. The van der Waals surface area contributed by atoms with Crippen molar-refractivity contribution in [2.75, 3.05) is 99.8 Å². The van der Waals surface area contributed by atoms with Crippen molar-refractivity contribution in [3.05, 3.63) is 233 Å². The maximum absolute atomic E-state index is 12.8. The van der Waals surface area contributed by atoms with Gasteiger partial charge in [0.1, 0.15) is 28.7 Å². The van der Waals surface area contributed by atoms with Gasteiger partial charge in [0.05, 0.1) is 73.9 Å². The van der Waals surface area contributed by atoms with Gasteiger partial charge in [-0.2, -0.15) is 21.6 Å². The zero-order valence-corrected chi connectivity index (χ0v) is 64.6. The predicted octanol–water partition coefficient (Wildman–Crippen LogP) is 15.1. The number of nitrogens with one attached hydrogen (secondary N) is 1. The standard InChI is InChI=1S/C27H30N2O2.C21H22F3NO5S.C19H23N3O2.C19H21NO4.CH4/c1-18-13-22-21(15-26(18)30-2)11-12-29-17-23-20(14-25(22)29)9-10-24(27(23)31-3)28-16-19-7-5-4-6-8-19;1-12-8-15-14(10-19(12)28-2)6-7-25-11-16-13(9-17(15)25)4-5-18(20(16)29-3)30-31(26,27)21(22,23)24;1-23-18-8-12-5-6-22-10-14-11(3-4-15(20)19(14)24-2)7-17(22)13(12)9-16(18)21;1-23-18-8-12-5-6-20-10-14-11(3-4-16(21)19(14)24-2)7-15(20)13(12)9-17(18)22;/h4-10,13,15,25,28H,11-12,14,16-17H2,1-3H3;4-5,8,10,17H,6-7,9,11H2,1-3H3;3-4,8-9,17H,5-7,10,20-21H2,1-2H3;3-4,8-9,15,21-22H,5-7,10H2,1-2H3;1H4/t25-;2*17-;15-;/m0000./s1. The molecule has 24 heteroatoms. The van der Waals surface area contributed by atoms with E-state index < -0.39 is 21.4 Å². The van der Waals surface area contributed by atoms with Crippen LogP contribution in [-0.2, 0) is 94.2 Å². The third-order valence-electron chi connectivity index (χ3n) is 23.2. The molecule has 0 unspecified atom stereocenters. The normalized spacial score (nSPS) is 18.3. The van der Waals surface area contributed by atoms with Crippen LogP contribution < -0.4 is 58.9 Å². The zero-order chi connectivity index (χ0) is 77.6. The first-order valence-corrected chi connectivity index (χ1v) is 38.5. The summed E-state index contributed by atoms with van der Waals surface area (Å²) in [5.74, 6) is 5.47. The number of benzene rings is 9. The number of aryl methyl sites for hydroxylation is 2. The number of halogens is 3. The van der Waals surface area contributed by atoms with Gasteiger partial charge < -0.3 is 69.1 Å². The van der Waals surface area contributed by atoms with Crippen molar-refractivity contribution in [2.24, 2.45) is 0 Å². The number of methoxy groups -OCH3 is 8. The fraction of sp³-hybridized carbons (Fsp3) is 0.379. The van der Waals surface area contributed by atoms with Gasteiger partial charge in [0.15, 0.2) is 34.5 Å². The van der Waals surface area contributed by atoms with Crippen LogP contribution in [0.15, 0.2) is 127 Å². The number of hydrogen-bond donors (Lipinski definition) is 5. The summed E-state index contributed by atoms with van der Waals surface area (Å²) >= 11 is 0. The number of alkyl halides is 3. The molecular weight excluding hydrogens is 1440 g/mol. The van der Waals surface area contributed by atoms with Gasteiger partial charge in [-0.15, -0.1) is 0 Å². The Morgan fingerprint density at radius 2 is 0.820 bits per heavy atom. The summed E-state index contributed by atoms with van der Waals surface area (Å²) in [5, 5.41) is 23.8. The maximum atomic E-state index is 12.8. The highest BCUT2D eigenvalue weighted by Crippen LogP contribution is 2.51. The molecule has 8 aliphatic heterocycles. The lowest BCUT2D eigenvalue weighted by Crippen LogP contribution is -2.39. The molecule has 0 fully saturated rings. The third-order valence-corrected chi connectivity index (χ3v) is 24.2.